The van der Waals surface area contributed by atoms with E-state index in [0.717, 1.165) is 12.8 Å². The van der Waals surface area contributed by atoms with Crippen LogP contribution in [0.4, 0.5) is 4.39 Å². The number of ketones is 2. The summed E-state index contributed by atoms with van der Waals surface area (Å²) in [5.41, 5.74) is 0.500. The van der Waals surface area contributed by atoms with Crippen molar-refractivity contribution in [2.75, 3.05) is 7.11 Å². The number of carbonyl (C=O) groups excluding carboxylic acids is 2. The third-order valence-electron chi connectivity index (χ3n) is 5.37. The number of hydrogen-bond donors (Lipinski definition) is 0. The highest BCUT2D eigenvalue weighted by atomic mass is 19.1. The summed E-state index contributed by atoms with van der Waals surface area (Å²) in [7, 11) is 1.40. The Labute approximate surface area is 139 Å². The lowest BCUT2D eigenvalue weighted by Crippen LogP contribution is -2.29. The molecule has 4 rings (SSSR count). The minimum Gasteiger partial charge on any atom is -0.496 e. The Bertz CT molecular complexity index is 776. The van der Waals surface area contributed by atoms with E-state index in [1.165, 1.54) is 13.2 Å². The third kappa shape index (κ3) is 1.96. The number of methoxy groups -OCH3 is 1. The Morgan fingerprint density at radius 3 is 2.33 bits per heavy atom. The molecule has 3 aliphatic rings. The molecule has 0 amide bonds. The average Bonchev–Trinajstić information content (AvgIpc) is 3.23. The molecule has 1 aliphatic carbocycles. The predicted octanol–water partition coefficient (Wildman–Crippen LogP) is 2.23. The first-order chi connectivity index (χ1) is 11.6. The number of halogens is 1. The molecule has 1 aromatic carbocycles. The van der Waals surface area contributed by atoms with E-state index in [1.54, 1.807) is 13.0 Å². The van der Waals surface area contributed by atoms with Gasteiger partial charge in [-0.25, -0.2) is 4.39 Å². The molecule has 0 aromatic heterocycles. The standard InChI is InChI=1S/C19H17FO4/c1-3-4-9-7-10(20)14(13(8-9)23-2)17-18(21)15-11-5-6-12(24-11)16(15)19(17)22/h7-8,11-12,15-17H,5-6H2,1-2H3. The molecule has 5 heteroatoms. The molecule has 2 saturated heterocycles. The summed E-state index contributed by atoms with van der Waals surface area (Å²) >= 11 is 0. The molecule has 0 N–H and O–H groups in total. The molecule has 3 fully saturated rings. The van der Waals surface area contributed by atoms with Crippen molar-refractivity contribution in [2.45, 2.75) is 37.9 Å². The van der Waals surface area contributed by atoms with Crippen LogP contribution in [-0.2, 0) is 14.3 Å². The third-order valence-corrected chi connectivity index (χ3v) is 5.37. The van der Waals surface area contributed by atoms with Crippen LogP contribution in [0.1, 0.15) is 36.8 Å². The van der Waals surface area contributed by atoms with E-state index < -0.39 is 23.6 Å². The van der Waals surface area contributed by atoms with E-state index in [9.17, 15) is 14.0 Å². The van der Waals surface area contributed by atoms with E-state index in [2.05, 4.69) is 11.8 Å². The molecule has 1 aromatic rings. The van der Waals surface area contributed by atoms with Crippen molar-refractivity contribution in [1.29, 1.82) is 0 Å². The molecule has 0 spiro atoms. The highest BCUT2D eigenvalue weighted by Crippen LogP contribution is 2.53. The van der Waals surface area contributed by atoms with E-state index >= 15 is 0 Å². The summed E-state index contributed by atoms with van der Waals surface area (Å²) in [5, 5.41) is 0. The molecule has 4 atom stereocenters. The molecule has 1 saturated carbocycles. The van der Waals surface area contributed by atoms with Gasteiger partial charge >= 0.3 is 0 Å². The first-order valence-electron chi connectivity index (χ1n) is 8.10. The maximum atomic E-state index is 14.7. The van der Waals surface area contributed by atoms with Crippen LogP contribution in [0.2, 0.25) is 0 Å². The Balaban J connectivity index is 1.80. The van der Waals surface area contributed by atoms with Crippen LogP contribution in [0.5, 0.6) is 5.75 Å². The predicted molar refractivity (Wildman–Crippen MR) is 83.1 cm³/mol. The van der Waals surface area contributed by atoms with Gasteiger partial charge in [0.1, 0.15) is 17.5 Å². The van der Waals surface area contributed by atoms with Crippen molar-refractivity contribution in [2.24, 2.45) is 11.8 Å². The monoisotopic (exact) mass is 328 g/mol. The van der Waals surface area contributed by atoms with Crippen LogP contribution in [-0.4, -0.2) is 30.9 Å². The van der Waals surface area contributed by atoms with Crippen LogP contribution < -0.4 is 4.74 Å². The van der Waals surface area contributed by atoms with Crippen LogP contribution in [0, 0.1) is 29.5 Å². The van der Waals surface area contributed by atoms with Crippen LogP contribution in [0.3, 0.4) is 0 Å². The summed E-state index contributed by atoms with van der Waals surface area (Å²) < 4.78 is 25.7. The average molecular weight is 328 g/mol. The largest absolute Gasteiger partial charge is 0.496 e. The molecule has 2 bridgehead atoms. The zero-order valence-electron chi connectivity index (χ0n) is 13.5. The quantitative estimate of drug-likeness (QED) is 0.617. The second kappa shape index (κ2) is 5.42. The van der Waals surface area contributed by atoms with Gasteiger partial charge in [-0.3, -0.25) is 9.59 Å². The van der Waals surface area contributed by atoms with Gasteiger partial charge in [-0.1, -0.05) is 5.92 Å². The SMILES string of the molecule is CC#Cc1cc(F)c(C2C(=O)C3C4CCC(O4)C3C2=O)c(OC)c1. The van der Waals surface area contributed by atoms with Crippen molar-refractivity contribution >= 4 is 11.6 Å². The molecular weight excluding hydrogens is 311 g/mol. The van der Waals surface area contributed by atoms with Gasteiger partial charge in [-0.2, -0.15) is 0 Å². The van der Waals surface area contributed by atoms with Crippen LogP contribution >= 0.6 is 0 Å². The summed E-state index contributed by atoms with van der Waals surface area (Å²) in [5.74, 6) is 2.63. The van der Waals surface area contributed by atoms with E-state index in [-0.39, 0.29) is 35.1 Å². The minimum absolute atomic E-state index is 0.0444. The number of fused-ring (bicyclic) bond motifs is 5. The summed E-state index contributed by atoms with van der Waals surface area (Å²) in [4.78, 5) is 25.7. The number of carbonyl (C=O) groups is 2. The number of Topliss-reactive ketones (excluding diaryl/α,β-unsaturated/α-hetero) is 2. The van der Waals surface area contributed by atoms with Gasteiger partial charge in [-0.05, 0) is 31.9 Å². The molecule has 124 valence electrons. The fourth-order valence-electron chi connectivity index (χ4n) is 4.47. The van der Waals surface area contributed by atoms with E-state index in [0.29, 0.717) is 5.56 Å². The Morgan fingerprint density at radius 2 is 1.79 bits per heavy atom. The molecule has 2 aliphatic heterocycles. The van der Waals surface area contributed by atoms with E-state index in [1.807, 2.05) is 0 Å². The fourth-order valence-corrected chi connectivity index (χ4v) is 4.47. The number of rotatable bonds is 2. The van der Waals surface area contributed by atoms with Crippen molar-refractivity contribution in [3.8, 4) is 17.6 Å². The van der Waals surface area contributed by atoms with Crippen LogP contribution in [0.25, 0.3) is 0 Å². The topological polar surface area (TPSA) is 52.6 Å². The van der Waals surface area contributed by atoms with E-state index in [4.69, 9.17) is 9.47 Å². The van der Waals surface area contributed by atoms with Gasteiger partial charge in [0.2, 0.25) is 0 Å². The van der Waals surface area contributed by atoms with Gasteiger partial charge in [0, 0.05) is 11.1 Å². The maximum absolute atomic E-state index is 14.7. The normalized spacial score (nSPS) is 33.4. The summed E-state index contributed by atoms with van der Waals surface area (Å²) in [6.07, 6.45) is 1.20. The molecule has 4 nitrogen and oxygen atoms in total. The molecule has 24 heavy (non-hydrogen) atoms. The number of ether oxygens (including phenoxy) is 2. The molecule has 2 heterocycles. The molecule has 0 radical (unpaired) electrons. The van der Waals surface area contributed by atoms with Gasteiger partial charge in [0.25, 0.3) is 0 Å². The molecular formula is C19H17FO4. The van der Waals surface area contributed by atoms with Gasteiger partial charge in [0.15, 0.2) is 11.6 Å². The van der Waals surface area contributed by atoms with Crippen LogP contribution in [0.15, 0.2) is 12.1 Å². The molecule has 4 unspecified atom stereocenters. The smallest absolute Gasteiger partial charge is 0.154 e. The number of benzene rings is 1. The lowest BCUT2D eigenvalue weighted by Gasteiger charge is -2.16. The highest BCUT2D eigenvalue weighted by molar-refractivity contribution is 6.17. The first kappa shape index (κ1) is 15.3. The van der Waals surface area contributed by atoms with Crippen molar-refractivity contribution in [3.05, 3.63) is 29.1 Å². The lowest BCUT2D eigenvalue weighted by molar-refractivity contribution is -0.127. The van der Waals surface area contributed by atoms with Crippen molar-refractivity contribution < 1.29 is 23.5 Å². The Morgan fingerprint density at radius 1 is 1.17 bits per heavy atom. The minimum atomic E-state index is -1.09. The summed E-state index contributed by atoms with van der Waals surface area (Å²) in [6.45, 7) is 1.65. The zero-order chi connectivity index (χ0) is 17.0. The number of hydrogen-bond acceptors (Lipinski definition) is 4. The summed E-state index contributed by atoms with van der Waals surface area (Å²) in [6, 6.07) is 2.84. The second-order valence-electron chi connectivity index (χ2n) is 6.53. The highest BCUT2D eigenvalue weighted by Gasteiger charge is 2.63. The zero-order valence-corrected chi connectivity index (χ0v) is 13.5. The van der Waals surface area contributed by atoms with Gasteiger partial charge in [-0.15, -0.1) is 5.92 Å². The van der Waals surface area contributed by atoms with Gasteiger partial charge in [0.05, 0.1) is 31.2 Å². The second-order valence-corrected chi connectivity index (χ2v) is 6.53. The Hall–Kier alpha value is -2.19. The van der Waals surface area contributed by atoms with Crippen molar-refractivity contribution in [1.82, 2.24) is 0 Å². The maximum Gasteiger partial charge on any atom is 0.154 e. The van der Waals surface area contributed by atoms with Gasteiger partial charge < -0.3 is 9.47 Å². The van der Waals surface area contributed by atoms with Crippen molar-refractivity contribution in [3.63, 3.8) is 0 Å². The Kier molecular flexibility index (Phi) is 3.47. The first-order valence-corrected chi connectivity index (χ1v) is 8.10. The fraction of sp³-hybridized carbons (Fsp3) is 0.474. The lowest BCUT2D eigenvalue weighted by atomic mass is 9.81.